The highest BCUT2D eigenvalue weighted by Gasteiger charge is 2.20. The quantitative estimate of drug-likeness (QED) is 0.683. The van der Waals surface area contributed by atoms with Crippen LogP contribution in [0.4, 0.5) is 4.39 Å². The number of nitrogens with one attached hydrogen (secondary N) is 1. The number of amides is 2. The summed E-state index contributed by atoms with van der Waals surface area (Å²) in [7, 11) is 1.19. The van der Waals surface area contributed by atoms with Crippen molar-refractivity contribution in [2.45, 2.75) is 0 Å². The smallest absolute Gasteiger partial charge is 0.349 e. The van der Waals surface area contributed by atoms with Crippen LogP contribution in [-0.4, -0.2) is 29.9 Å². The Morgan fingerprint density at radius 1 is 1.32 bits per heavy atom. The van der Waals surface area contributed by atoms with E-state index in [1.54, 1.807) is 0 Å². The summed E-state index contributed by atoms with van der Waals surface area (Å²) in [5, 5.41) is 1.98. The zero-order valence-corrected chi connectivity index (χ0v) is 12.6. The van der Waals surface area contributed by atoms with Crippen LogP contribution in [0.25, 0.3) is 0 Å². The first-order valence-electron chi connectivity index (χ1n) is 5.77. The number of halogens is 2. The van der Waals surface area contributed by atoms with Crippen molar-refractivity contribution in [1.29, 1.82) is 0 Å². The second-order valence-corrected chi connectivity index (χ2v) is 5.40. The number of carbonyl (C=O) groups is 3. The van der Waals surface area contributed by atoms with Gasteiger partial charge in [0.25, 0.3) is 11.8 Å². The van der Waals surface area contributed by atoms with E-state index in [2.05, 4.69) is 9.72 Å². The monoisotopic (exact) mass is 342 g/mol. The fourth-order valence-electron chi connectivity index (χ4n) is 1.47. The summed E-state index contributed by atoms with van der Waals surface area (Å²) in [6.45, 7) is 0. The lowest BCUT2D eigenvalue weighted by atomic mass is 10.2. The van der Waals surface area contributed by atoms with Gasteiger partial charge >= 0.3 is 5.97 Å². The van der Waals surface area contributed by atoms with Gasteiger partial charge in [-0.2, -0.15) is 0 Å². The highest BCUT2D eigenvalue weighted by atomic mass is 35.5. The summed E-state index contributed by atoms with van der Waals surface area (Å²) in [5.74, 6) is -3.28. The van der Waals surface area contributed by atoms with Crippen LogP contribution in [0.2, 0.25) is 5.02 Å². The van der Waals surface area contributed by atoms with E-state index in [9.17, 15) is 18.8 Å². The molecule has 0 atom stereocenters. The minimum absolute atomic E-state index is 0.109. The van der Waals surface area contributed by atoms with Crippen LogP contribution in [0.5, 0.6) is 0 Å². The molecule has 1 aromatic carbocycles. The zero-order valence-electron chi connectivity index (χ0n) is 11.1. The summed E-state index contributed by atoms with van der Waals surface area (Å²) >= 11 is 6.33. The maximum absolute atomic E-state index is 13.6. The van der Waals surface area contributed by atoms with E-state index in [0.717, 1.165) is 29.7 Å². The van der Waals surface area contributed by atoms with Gasteiger partial charge in [0.15, 0.2) is 5.01 Å². The summed E-state index contributed by atoms with van der Waals surface area (Å²) in [4.78, 5) is 38.7. The van der Waals surface area contributed by atoms with Gasteiger partial charge < -0.3 is 4.74 Å². The van der Waals surface area contributed by atoms with Crippen molar-refractivity contribution in [3.8, 4) is 0 Å². The Hall–Kier alpha value is -2.32. The Morgan fingerprint density at radius 3 is 2.68 bits per heavy atom. The van der Waals surface area contributed by atoms with Gasteiger partial charge in [0.05, 0.1) is 18.9 Å². The summed E-state index contributed by atoms with van der Waals surface area (Å²) in [5.41, 5.74) is -0.331. The number of benzene rings is 1. The molecular weight excluding hydrogens is 335 g/mol. The predicted octanol–water partition coefficient (Wildman–Crippen LogP) is 2.29. The lowest BCUT2D eigenvalue weighted by Crippen LogP contribution is -2.31. The minimum Gasteiger partial charge on any atom is -0.465 e. The first-order valence-corrected chi connectivity index (χ1v) is 6.96. The van der Waals surface area contributed by atoms with Crippen molar-refractivity contribution in [2.24, 2.45) is 0 Å². The van der Waals surface area contributed by atoms with E-state index in [1.807, 2.05) is 5.32 Å². The molecule has 1 heterocycles. The predicted molar refractivity (Wildman–Crippen MR) is 76.7 cm³/mol. The lowest BCUT2D eigenvalue weighted by Gasteiger charge is -2.03. The molecule has 0 aliphatic carbocycles. The molecule has 2 rings (SSSR count). The zero-order chi connectivity index (χ0) is 16.3. The number of imide groups is 1. The van der Waals surface area contributed by atoms with Gasteiger partial charge in [0, 0.05) is 5.02 Å². The third kappa shape index (κ3) is 3.46. The second-order valence-electron chi connectivity index (χ2n) is 3.93. The molecule has 0 aliphatic rings. The van der Waals surface area contributed by atoms with Gasteiger partial charge in [-0.25, -0.2) is 14.2 Å². The van der Waals surface area contributed by atoms with Gasteiger partial charge in [0.2, 0.25) is 0 Å². The van der Waals surface area contributed by atoms with Crippen molar-refractivity contribution >= 4 is 40.7 Å². The number of esters is 1. The second kappa shape index (κ2) is 6.63. The third-order valence-corrected chi connectivity index (χ3v) is 3.70. The number of aromatic nitrogens is 1. The number of hydrogen-bond acceptors (Lipinski definition) is 6. The normalized spacial score (nSPS) is 10.1. The molecule has 0 aliphatic heterocycles. The lowest BCUT2D eigenvalue weighted by molar-refractivity contribution is 0.0605. The van der Waals surface area contributed by atoms with E-state index in [0.29, 0.717) is 0 Å². The first kappa shape index (κ1) is 16.1. The molecule has 0 saturated heterocycles. The van der Waals surface area contributed by atoms with Crippen molar-refractivity contribution in [1.82, 2.24) is 10.3 Å². The molecule has 6 nitrogen and oxygen atoms in total. The number of rotatable bonds is 3. The Morgan fingerprint density at radius 2 is 2.05 bits per heavy atom. The maximum atomic E-state index is 13.6. The Kier molecular flexibility index (Phi) is 4.84. The number of nitrogens with zero attached hydrogens (tertiary/aromatic N) is 1. The number of ether oxygens (including phenoxy) is 1. The third-order valence-electron chi connectivity index (χ3n) is 2.49. The van der Waals surface area contributed by atoms with Crippen LogP contribution in [0.3, 0.4) is 0 Å². The molecule has 0 unspecified atom stereocenters. The molecule has 0 bridgehead atoms. The Bertz CT molecular complexity index is 762. The van der Waals surface area contributed by atoms with Crippen LogP contribution in [0, 0.1) is 5.82 Å². The van der Waals surface area contributed by atoms with Crippen LogP contribution in [0.1, 0.15) is 29.8 Å². The molecule has 0 saturated carbocycles. The molecular formula is C13H8ClFN2O4S. The topological polar surface area (TPSA) is 85.4 Å². The molecule has 0 spiro atoms. The van der Waals surface area contributed by atoms with Gasteiger partial charge in [-0.1, -0.05) is 11.6 Å². The average Bonchev–Trinajstić information content (AvgIpc) is 2.96. The van der Waals surface area contributed by atoms with Crippen molar-refractivity contribution < 1.29 is 23.5 Å². The van der Waals surface area contributed by atoms with Gasteiger partial charge in [-0.15, -0.1) is 11.3 Å². The molecule has 0 radical (unpaired) electrons. The molecule has 22 heavy (non-hydrogen) atoms. The number of methoxy groups -OCH3 is 1. The maximum Gasteiger partial charge on any atom is 0.349 e. The largest absolute Gasteiger partial charge is 0.465 e. The van der Waals surface area contributed by atoms with Crippen LogP contribution in [-0.2, 0) is 4.74 Å². The van der Waals surface area contributed by atoms with Crippen LogP contribution in [0.15, 0.2) is 24.4 Å². The summed E-state index contributed by atoms with van der Waals surface area (Å²) in [6, 6.07) is 3.44. The summed E-state index contributed by atoms with van der Waals surface area (Å²) in [6.07, 6.45) is 1.15. The van der Waals surface area contributed by atoms with Gasteiger partial charge in [-0.05, 0) is 18.2 Å². The molecule has 114 valence electrons. The molecule has 1 aromatic heterocycles. The van der Waals surface area contributed by atoms with E-state index >= 15 is 0 Å². The molecule has 9 heteroatoms. The van der Waals surface area contributed by atoms with Gasteiger partial charge in [0.1, 0.15) is 10.7 Å². The van der Waals surface area contributed by atoms with Gasteiger partial charge in [-0.3, -0.25) is 14.9 Å². The number of carbonyl (C=O) groups excluding carboxylic acids is 3. The fourth-order valence-corrected chi connectivity index (χ4v) is 2.36. The SMILES string of the molecule is COC(=O)c1cnc(C(=O)NC(=O)c2ccc(Cl)cc2F)s1. The van der Waals surface area contributed by atoms with Crippen molar-refractivity contribution in [2.75, 3.05) is 7.11 Å². The molecule has 2 amide bonds. The van der Waals surface area contributed by atoms with Crippen LogP contribution < -0.4 is 5.32 Å². The standard InChI is InChI=1S/C13H8ClFN2O4S/c1-21-13(20)9-5-16-12(22-9)11(19)17-10(18)7-3-2-6(14)4-8(7)15/h2-5H,1H3,(H,17,18,19). The van der Waals surface area contributed by atoms with E-state index < -0.39 is 23.6 Å². The van der Waals surface area contributed by atoms with E-state index in [4.69, 9.17) is 11.6 Å². The van der Waals surface area contributed by atoms with Crippen molar-refractivity contribution in [3.05, 3.63) is 50.7 Å². The molecule has 0 fully saturated rings. The number of thiazole rings is 1. The van der Waals surface area contributed by atoms with Crippen molar-refractivity contribution in [3.63, 3.8) is 0 Å². The number of hydrogen-bond donors (Lipinski definition) is 1. The van der Waals surface area contributed by atoms with E-state index in [-0.39, 0.29) is 20.5 Å². The fraction of sp³-hybridized carbons (Fsp3) is 0.0769. The summed E-state index contributed by atoms with van der Waals surface area (Å²) < 4.78 is 18.1. The van der Waals surface area contributed by atoms with Crippen LogP contribution >= 0.6 is 22.9 Å². The Labute approximate surface area is 132 Å². The highest BCUT2D eigenvalue weighted by Crippen LogP contribution is 2.16. The Balaban J connectivity index is 2.13. The van der Waals surface area contributed by atoms with E-state index in [1.165, 1.54) is 13.2 Å². The average molecular weight is 343 g/mol. The molecule has 2 aromatic rings. The highest BCUT2D eigenvalue weighted by molar-refractivity contribution is 7.15. The minimum atomic E-state index is -0.936. The first-order chi connectivity index (χ1) is 10.4. The molecule has 1 N–H and O–H groups in total.